The quantitative estimate of drug-likeness (QED) is 0.288. The highest BCUT2D eigenvalue weighted by Gasteiger charge is 2.18. The van der Waals surface area contributed by atoms with Crippen LogP contribution in [0.3, 0.4) is 0 Å². The van der Waals surface area contributed by atoms with Crippen molar-refractivity contribution >= 4 is 17.5 Å². The zero-order chi connectivity index (χ0) is 25.6. The number of aromatic nitrogens is 1. The first-order valence-electron chi connectivity index (χ1n) is 12.0. The van der Waals surface area contributed by atoms with Gasteiger partial charge in [-0.25, -0.2) is 4.99 Å². The van der Waals surface area contributed by atoms with E-state index in [1.807, 2.05) is 43.5 Å². The number of guanidine groups is 1. The van der Waals surface area contributed by atoms with Gasteiger partial charge < -0.3 is 15.4 Å². The molecule has 1 aromatic heterocycles. The Kier molecular flexibility index (Phi) is 10.2. The van der Waals surface area contributed by atoms with Gasteiger partial charge in [-0.15, -0.1) is 6.58 Å². The molecule has 3 rings (SSSR count). The van der Waals surface area contributed by atoms with Gasteiger partial charge >= 0.3 is 0 Å². The lowest BCUT2D eigenvalue weighted by atomic mass is 10.1. The van der Waals surface area contributed by atoms with E-state index >= 15 is 0 Å². The van der Waals surface area contributed by atoms with E-state index in [1.54, 1.807) is 30.6 Å². The SMILES string of the molecule is C=CC1N/C=C\CN=C(Nc2ccc(C#N)cc2)/N=C\1OC(=C/CCC)/C(C)=C\Cc1ccncc1. The third-order valence-corrected chi connectivity index (χ3v) is 5.34. The van der Waals surface area contributed by atoms with Crippen molar-refractivity contribution in [2.24, 2.45) is 9.98 Å². The Morgan fingerprint density at radius 3 is 2.69 bits per heavy atom. The summed E-state index contributed by atoms with van der Waals surface area (Å²) in [4.78, 5) is 13.4. The minimum absolute atomic E-state index is 0.356. The number of hydrogen-bond donors (Lipinski definition) is 2. The predicted molar refractivity (Wildman–Crippen MR) is 147 cm³/mol. The summed E-state index contributed by atoms with van der Waals surface area (Å²) in [6.07, 6.45) is 16.0. The van der Waals surface area contributed by atoms with Crippen LogP contribution in [0.5, 0.6) is 0 Å². The smallest absolute Gasteiger partial charge is 0.225 e. The van der Waals surface area contributed by atoms with Crippen molar-refractivity contribution in [1.82, 2.24) is 10.3 Å². The van der Waals surface area contributed by atoms with Crippen molar-refractivity contribution in [1.29, 1.82) is 5.26 Å². The number of ether oxygens (including phenoxy) is 1. The molecule has 0 saturated carbocycles. The fourth-order valence-corrected chi connectivity index (χ4v) is 3.29. The van der Waals surface area contributed by atoms with Crippen LogP contribution in [0.2, 0.25) is 0 Å². The maximum Gasteiger partial charge on any atom is 0.225 e. The molecule has 1 atom stereocenters. The van der Waals surface area contributed by atoms with Crippen molar-refractivity contribution in [3.05, 3.63) is 108 Å². The second kappa shape index (κ2) is 14.1. The molecule has 1 unspecified atom stereocenters. The van der Waals surface area contributed by atoms with Gasteiger partial charge in [0.05, 0.1) is 18.2 Å². The van der Waals surface area contributed by atoms with Crippen LogP contribution in [0.1, 0.15) is 37.8 Å². The standard InChI is InChI=1S/C29H32N6O/c1-4-6-8-27(22(3)9-10-23-15-19-31-20-16-23)36-28-26(5-2)32-17-7-18-33-29(35-28)34-25-13-11-24(21-30)12-14-25/h5,7-9,11-17,19-20,26,32H,2,4,6,10,18H2,1,3H3,(H,33,34)/b17-7-,22-9-,27-8+,35-28+. The van der Waals surface area contributed by atoms with Crippen LogP contribution in [0.25, 0.3) is 0 Å². The monoisotopic (exact) mass is 480 g/mol. The van der Waals surface area contributed by atoms with Gasteiger partial charge in [-0.2, -0.15) is 10.3 Å². The van der Waals surface area contributed by atoms with Crippen LogP contribution >= 0.6 is 0 Å². The highest BCUT2D eigenvalue weighted by molar-refractivity contribution is 6.03. The summed E-state index contributed by atoms with van der Waals surface area (Å²) in [6, 6.07) is 12.9. The molecule has 7 nitrogen and oxygen atoms in total. The number of nitrogens with zero attached hydrogens (tertiary/aromatic N) is 4. The maximum atomic E-state index is 9.06. The Bertz CT molecular complexity index is 1200. The Labute approximate surface area is 213 Å². The summed E-state index contributed by atoms with van der Waals surface area (Å²) >= 11 is 0. The van der Waals surface area contributed by atoms with E-state index in [0.29, 0.717) is 24.0 Å². The Morgan fingerprint density at radius 1 is 1.22 bits per heavy atom. The Hall–Kier alpha value is -4.44. The molecule has 2 aromatic rings. The predicted octanol–water partition coefficient (Wildman–Crippen LogP) is 5.68. The second-order valence-electron chi connectivity index (χ2n) is 8.12. The molecule has 1 aliphatic heterocycles. The van der Waals surface area contributed by atoms with Crippen LogP contribution < -0.4 is 10.6 Å². The topological polar surface area (TPSA) is 94.7 Å². The molecule has 7 heteroatoms. The number of anilines is 1. The van der Waals surface area contributed by atoms with Gasteiger partial charge in [0.15, 0.2) is 0 Å². The van der Waals surface area contributed by atoms with Gasteiger partial charge in [0.25, 0.3) is 0 Å². The van der Waals surface area contributed by atoms with Gasteiger partial charge in [0.2, 0.25) is 11.9 Å². The van der Waals surface area contributed by atoms with E-state index in [2.05, 4.69) is 52.3 Å². The van der Waals surface area contributed by atoms with Gasteiger partial charge in [0.1, 0.15) is 11.8 Å². The first kappa shape index (κ1) is 26.2. The van der Waals surface area contributed by atoms with E-state index in [0.717, 1.165) is 36.3 Å². The van der Waals surface area contributed by atoms with Gasteiger partial charge in [-0.1, -0.05) is 25.5 Å². The summed E-state index contributed by atoms with van der Waals surface area (Å²) in [5.41, 5.74) is 3.55. The molecular weight excluding hydrogens is 448 g/mol. The van der Waals surface area contributed by atoms with Crippen molar-refractivity contribution < 1.29 is 4.74 Å². The van der Waals surface area contributed by atoms with Crippen LogP contribution in [-0.4, -0.2) is 29.4 Å². The van der Waals surface area contributed by atoms with Gasteiger partial charge in [-0.3, -0.25) is 4.98 Å². The molecule has 184 valence electrons. The summed E-state index contributed by atoms with van der Waals surface area (Å²) in [5, 5.41) is 15.6. The second-order valence-corrected chi connectivity index (χ2v) is 8.12. The first-order valence-corrected chi connectivity index (χ1v) is 12.0. The third-order valence-electron chi connectivity index (χ3n) is 5.34. The first-order chi connectivity index (χ1) is 17.6. The molecule has 2 N–H and O–H groups in total. The number of aliphatic imine (C=N–C) groups is 2. The molecule has 1 aromatic carbocycles. The molecule has 2 heterocycles. The van der Waals surface area contributed by atoms with E-state index in [-0.39, 0.29) is 6.04 Å². The van der Waals surface area contributed by atoms with Crippen LogP contribution in [0.15, 0.2) is 107 Å². The molecule has 36 heavy (non-hydrogen) atoms. The highest BCUT2D eigenvalue weighted by Crippen LogP contribution is 2.17. The zero-order valence-corrected chi connectivity index (χ0v) is 20.8. The molecule has 0 amide bonds. The Balaban J connectivity index is 1.90. The molecule has 0 spiro atoms. The van der Waals surface area contributed by atoms with Crippen LogP contribution in [0.4, 0.5) is 5.69 Å². The summed E-state index contributed by atoms with van der Waals surface area (Å²) in [7, 11) is 0. The lowest BCUT2D eigenvalue weighted by Crippen LogP contribution is -2.34. The van der Waals surface area contributed by atoms with Crippen molar-refractivity contribution in [2.45, 2.75) is 39.2 Å². The molecule has 1 aliphatic rings. The van der Waals surface area contributed by atoms with Crippen molar-refractivity contribution in [3.8, 4) is 6.07 Å². The lowest BCUT2D eigenvalue weighted by Gasteiger charge is -2.19. The van der Waals surface area contributed by atoms with E-state index in [1.165, 1.54) is 5.56 Å². The lowest BCUT2D eigenvalue weighted by molar-refractivity contribution is 0.403. The number of nitriles is 1. The average molecular weight is 481 g/mol. The van der Waals surface area contributed by atoms with Crippen molar-refractivity contribution in [2.75, 3.05) is 11.9 Å². The third kappa shape index (κ3) is 8.10. The number of allylic oxidation sites excluding steroid dienone is 3. The minimum atomic E-state index is -0.356. The van der Waals surface area contributed by atoms with Gasteiger partial charge in [-0.05, 0) is 85.7 Å². The van der Waals surface area contributed by atoms with E-state index in [4.69, 9.17) is 15.0 Å². The largest absolute Gasteiger partial charge is 0.440 e. The molecule has 0 saturated heterocycles. The minimum Gasteiger partial charge on any atom is -0.440 e. The number of hydrogen-bond acceptors (Lipinski definition) is 7. The number of benzene rings is 1. The summed E-state index contributed by atoms with van der Waals surface area (Å²) in [5.74, 6) is 1.58. The molecule has 0 aliphatic carbocycles. The number of rotatable bonds is 8. The van der Waals surface area contributed by atoms with E-state index < -0.39 is 0 Å². The highest BCUT2D eigenvalue weighted by atomic mass is 16.5. The number of unbranched alkanes of at least 4 members (excludes halogenated alkanes) is 1. The average Bonchev–Trinajstić information content (AvgIpc) is 3.00. The van der Waals surface area contributed by atoms with Gasteiger partial charge in [0, 0.05) is 18.1 Å². The molecular formula is C29H32N6O. The molecule has 0 bridgehead atoms. The fourth-order valence-electron chi connectivity index (χ4n) is 3.29. The zero-order valence-electron chi connectivity index (χ0n) is 20.8. The van der Waals surface area contributed by atoms with E-state index in [9.17, 15) is 0 Å². The molecule has 0 fully saturated rings. The Morgan fingerprint density at radius 2 is 2.00 bits per heavy atom. The number of nitrogens with one attached hydrogen (secondary N) is 2. The van der Waals surface area contributed by atoms with Crippen molar-refractivity contribution in [3.63, 3.8) is 0 Å². The maximum absolute atomic E-state index is 9.06. The normalized spacial score (nSPS) is 18.6. The van der Waals surface area contributed by atoms with Crippen LogP contribution in [-0.2, 0) is 11.2 Å². The molecule has 0 radical (unpaired) electrons. The summed E-state index contributed by atoms with van der Waals surface area (Å²) < 4.78 is 6.44. The summed E-state index contributed by atoms with van der Waals surface area (Å²) in [6.45, 7) is 8.58. The number of pyridine rings is 1. The van der Waals surface area contributed by atoms with Crippen LogP contribution in [0, 0.1) is 11.3 Å². The fraction of sp³-hybridized carbons (Fsp3) is 0.241.